The van der Waals surface area contributed by atoms with Gasteiger partial charge in [0.15, 0.2) is 28.6 Å². The third-order valence-electron chi connectivity index (χ3n) is 7.65. The Bertz CT molecular complexity index is 1720. The zero-order chi connectivity index (χ0) is 28.2. The van der Waals surface area contributed by atoms with Gasteiger partial charge >= 0.3 is 0 Å². The van der Waals surface area contributed by atoms with Gasteiger partial charge in [0.25, 0.3) is 0 Å². The van der Waals surface area contributed by atoms with Gasteiger partial charge in [0.05, 0.1) is 23.9 Å². The van der Waals surface area contributed by atoms with Crippen LogP contribution in [0.5, 0.6) is 0 Å². The molecule has 2 aliphatic rings. The van der Waals surface area contributed by atoms with Gasteiger partial charge in [0.1, 0.15) is 6.10 Å². The number of imidazole rings is 1. The summed E-state index contributed by atoms with van der Waals surface area (Å²) in [6.45, 7) is 0.350. The molecule has 2 fully saturated rings. The summed E-state index contributed by atoms with van der Waals surface area (Å²) in [5.41, 5.74) is 0.753. The summed E-state index contributed by atoms with van der Waals surface area (Å²) in [5.74, 6) is 3.29. The maximum Gasteiger partial charge on any atom is 0.229 e. The minimum Gasteiger partial charge on any atom is -0.389 e. The standard InChI is InChI=1S/C28H23ClF2N6O3/c1-32-27(40)28-11-17(28)22(23(38)24(28)39)37-13-34-21-25(33-12-15-3-2-4-16(29)9-15)35-20(36-26(21)37)8-6-14-5-7-18(30)19(31)10-14/h2-5,7,9-10,13,17,22-24,38-39H,11-12H2,1H3,(H,32,40)(H,33,35,36)/t17?,22-,23+,24?,28-/m1/s1. The highest BCUT2D eigenvalue weighted by molar-refractivity contribution is 6.30. The Kier molecular flexibility index (Phi) is 6.41. The quantitative estimate of drug-likeness (QED) is 0.275. The fraction of sp³-hybridized carbons (Fsp3) is 0.286. The van der Waals surface area contributed by atoms with E-state index in [9.17, 15) is 23.8 Å². The molecule has 6 rings (SSSR count). The number of halogens is 3. The van der Waals surface area contributed by atoms with Crippen molar-refractivity contribution in [3.63, 3.8) is 0 Å². The largest absolute Gasteiger partial charge is 0.389 e. The average molecular weight is 565 g/mol. The number of amides is 1. The number of nitrogens with one attached hydrogen (secondary N) is 2. The number of carbonyl (C=O) groups is 1. The molecule has 5 atom stereocenters. The Morgan fingerprint density at radius 1 is 1.18 bits per heavy atom. The van der Waals surface area contributed by atoms with Crippen LogP contribution in [0.25, 0.3) is 11.2 Å². The molecule has 0 aliphatic heterocycles. The zero-order valence-electron chi connectivity index (χ0n) is 21.1. The lowest BCUT2D eigenvalue weighted by molar-refractivity contribution is -0.132. The van der Waals surface area contributed by atoms with Crippen molar-refractivity contribution in [2.75, 3.05) is 12.4 Å². The first-order valence-electron chi connectivity index (χ1n) is 12.5. The molecule has 1 amide bonds. The highest BCUT2D eigenvalue weighted by atomic mass is 35.5. The minimum absolute atomic E-state index is 0.0639. The Balaban J connectivity index is 1.42. The number of aliphatic hydroxyl groups is 2. The van der Waals surface area contributed by atoms with Crippen molar-refractivity contribution in [3.8, 4) is 11.8 Å². The van der Waals surface area contributed by atoms with Crippen LogP contribution in [0.1, 0.15) is 29.4 Å². The summed E-state index contributed by atoms with van der Waals surface area (Å²) >= 11 is 6.12. The number of anilines is 1. The fourth-order valence-electron chi connectivity index (χ4n) is 5.64. The average Bonchev–Trinajstić information content (AvgIpc) is 3.48. The molecule has 12 heteroatoms. The van der Waals surface area contributed by atoms with Crippen molar-refractivity contribution >= 4 is 34.5 Å². The number of benzene rings is 2. The Morgan fingerprint density at radius 2 is 2.00 bits per heavy atom. The van der Waals surface area contributed by atoms with Crippen LogP contribution in [0.15, 0.2) is 48.8 Å². The van der Waals surface area contributed by atoms with Crippen LogP contribution >= 0.6 is 11.6 Å². The molecule has 0 radical (unpaired) electrons. The third kappa shape index (κ3) is 4.25. The van der Waals surface area contributed by atoms with E-state index < -0.39 is 35.3 Å². The second-order valence-corrected chi connectivity index (χ2v) is 10.4. The van der Waals surface area contributed by atoms with Crippen LogP contribution in [0.4, 0.5) is 14.6 Å². The number of nitrogens with zero attached hydrogens (tertiary/aromatic N) is 4. The second kappa shape index (κ2) is 9.82. The molecular weight excluding hydrogens is 542 g/mol. The molecule has 9 nitrogen and oxygen atoms in total. The van der Waals surface area contributed by atoms with Gasteiger partial charge in [-0.1, -0.05) is 29.7 Å². The fourth-order valence-corrected chi connectivity index (χ4v) is 5.85. The maximum atomic E-state index is 13.7. The molecule has 0 saturated heterocycles. The lowest BCUT2D eigenvalue weighted by atomic mass is 9.98. The predicted octanol–water partition coefficient (Wildman–Crippen LogP) is 2.80. The van der Waals surface area contributed by atoms with Gasteiger partial charge in [-0.2, -0.15) is 0 Å². The minimum atomic E-state index is -1.25. The van der Waals surface area contributed by atoms with E-state index in [1.165, 1.54) is 19.4 Å². The van der Waals surface area contributed by atoms with E-state index in [4.69, 9.17) is 11.6 Å². The summed E-state index contributed by atoms with van der Waals surface area (Å²) < 4.78 is 28.7. The number of carbonyl (C=O) groups excluding carboxylic acids is 1. The van der Waals surface area contributed by atoms with Crippen molar-refractivity contribution < 1.29 is 23.8 Å². The highest BCUT2D eigenvalue weighted by Gasteiger charge is 2.75. The first-order valence-corrected chi connectivity index (χ1v) is 12.9. The number of hydrogen-bond acceptors (Lipinski definition) is 7. The molecular formula is C28H23ClF2N6O3. The molecule has 2 aromatic heterocycles. The molecule has 2 saturated carbocycles. The monoisotopic (exact) mass is 564 g/mol. The van der Waals surface area contributed by atoms with E-state index in [0.29, 0.717) is 35.0 Å². The van der Waals surface area contributed by atoms with Gasteiger partial charge in [-0.25, -0.2) is 23.7 Å². The topological polar surface area (TPSA) is 125 Å². The molecule has 4 aromatic rings. The molecule has 40 heavy (non-hydrogen) atoms. The second-order valence-electron chi connectivity index (χ2n) is 9.94. The van der Waals surface area contributed by atoms with Gasteiger partial charge in [0.2, 0.25) is 11.7 Å². The Labute approximate surface area is 232 Å². The van der Waals surface area contributed by atoms with Gasteiger partial charge in [0, 0.05) is 30.1 Å². The molecule has 204 valence electrons. The highest BCUT2D eigenvalue weighted by Crippen LogP contribution is 2.67. The Hall–Kier alpha value is -4.11. The van der Waals surface area contributed by atoms with E-state index in [-0.39, 0.29) is 23.2 Å². The molecule has 0 spiro atoms. The van der Waals surface area contributed by atoms with E-state index in [1.807, 2.05) is 12.1 Å². The molecule has 4 N–H and O–H groups in total. The van der Waals surface area contributed by atoms with Crippen LogP contribution < -0.4 is 10.6 Å². The van der Waals surface area contributed by atoms with Gasteiger partial charge in [-0.05, 0) is 48.2 Å². The lowest BCUT2D eigenvalue weighted by Crippen LogP contribution is -2.41. The first kappa shape index (κ1) is 26.1. The van der Waals surface area contributed by atoms with Crippen molar-refractivity contribution in [3.05, 3.63) is 82.4 Å². The number of aliphatic hydroxyl groups excluding tert-OH is 2. The lowest BCUT2D eigenvalue weighted by Gasteiger charge is -2.23. The third-order valence-corrected chi connectivity index (χ3v) is 7.89. The summed E-state index contributed by atoms with van der Waals surface area (Å²) in [5, 5.41) is 28.2. The van der Waals surface area contributed by atoms with E-state index in [1.54, 1.807) is 16.7 Å². The van der Waals surface area contributed by atoms with E-state index in [0.717, 1.165) is 17.7 Å². The molecule has 2 aromatic carbocycles. The van der Waals surface area contributed by atoms with Crippen LogP contribution in [0.3, 0.4) is 0 Å². The number of aromatic nitrogens is 4. The van der Waals surface area contributed by atoms with Gasteiger partial charge < -0.3 is 25.4 Å². The van der Waals surface area contributed by atoms with Crippen LogP contribution in [0.2, 0.25) is 5.02 Å². The molecule has 2 unspecified atom stereocenters. The summed E-state index contributed by atoms with van der Waals surface area (Å²) in [4.78, 5) is 26.2. The van der Waals surface area contributed by atoms with Crippen LogP contribution in [-0.4, -0.2) is 54.9 Å². The van der Waals surface area contributed by atoms with E-state index in [2.05, 4.69) is 37.4 Å². The summed E-state index contributed by atoms with van der Waals surface area (Å²) in [6, 6.07) is 9.92. The van der Waals surface area contributed by atoms with Crippen molar-refractivity contribution in [2.24, 2.45) is 11.3 Å². The number of rotatable bonds is 5. The normalized spacial score (nSPS) is 24.8. The van der Waals surface area contributed by atoms with Crippen LogP contribution in [-0.2, 0) is 11.3 Å². The van der Waals surface area contributed by atoms with Gasteiger partial charge in [-0.15, -0.1) is 0 Å². The zero-order valence-corrected chi connectivity index (χ0v) is 21.8. The van der Waals surface area contributed by atoms with Crippen molar-refractivity contribution in [1.29, 1.82) is 0 Å². The summed E-state index contributed by atoms with van der Waals surface area (Å²) in [7, 11) is 1.49. The van der Waals surface area contributed by atoms with Crippen molar-refractivity contribution in [2.45, 2.75) is 31.2 Å². The molecule has 2 heterocycles. The number of fused-ring (bicyclic) bond motifs is 2. The SMILES string of the molecule is CNC(=O)[C@]12CC1[C@@H](n1cnc3c(NCc4cccc(Cl)c4)nc(C#Cc4ccc(F)c(F)c4)nc31)[C@H](O)C2O. The van der Waals surface area contributed by atoms with Gasteiger partial charge in [-0.3, -0.25) is 4.79 Å². The van der Waals surface area contributed by atoms with Crippen LogP contribution in [0, 0.1) is 34.8 Å². The first-order chi connectivity index (χ1) is 19.2. The number of hydrogen-bond donors (Lipinski definition) is 4. The maximum absolute atomic E-state index is 13.7. The molecule has 2 aliphatic carbocycles. The van der Waals surface area contributed by atoms with Crippen molar-refractivity contribution in [1.82, 2.24) is 24.8 Å². The molecule has 0 bridgehead atoms. The summed E-state index contributed by atoms with van der Waals surface area (Å²) in [6.07, 6.45) is -0.587. The smallest absolute Gasteiger partial charge is 0.229 e. The Morgan fingerprint density at radius 3 is 2.75 bits per heavy atom. The van der Waals surface area contributed by atoms with E-state index >= 15 is 0 Å². The predicted molar refractivity (Wildman–Crippen MR) is 142 cm³/mol.